The predicted octanol–water partition coefficient (Wildman–Crippen LogP) is 3.14. The first-order valence-corrected chi connectivity index (χ1v) is 5.80. The summed E-state index contributed by atoms with van der Waals surface area (Å²) in [6.07, 6.45) is 0. The molecule has 1 unspecified atom stereocenters. The quantitative estimate of drug-likeness (QED) is 0.835. The van der Waals surface area contributed by atoms with E-state index < -0.39 is 11.9 Å². The number of aliphatic carboxylic acids is 1. The van der Waals surface area contributed by atoms with E-state index in [-0.39, 0.29) is 0 Å². The average molecular weight is 262 g/mol. The van der Waals surface area contributed by atoms with Gasteiger partial charge in [0.05, 0.1) is 0 Å². The van der Waals surface area contributed by atoms with Crippen LogP contribution in [0.2, 0.25) is 5.02 Å². The van der Waals surface area contributed by atoms with Gasteiger partial charge in [0.1, 0.15) is 5.92 Å². The third-order valence-corrected chi connectivity index (χ3v) is 3.11. The molecule has 0 saturated carbocycles. The standard InChI is InChI=1S/C14H12ClNO2/c15-11-7-3-1-5-9(11)13(14(17)18)10-6-2-4-8-12(10)16/h1-8,13H,16H2,(H,17,18). The summed E-state index contributed by atoms with van der Waals surface area (Å²) >= 11 is 6.06. The highest BCUT2D eigenvalue weighted by Gasteiger charge is 2.25. The molecule has 4 heteroatoms. The maximum Gasteiger partial charge on any atom is 0.315 e. The zero-order chi connectivity index (χ0) is 13.1. The van der Waals surface area contributed by atoms with Gasteiger partial charge in [-0.2, -0.15) is 0 Å². The molecule has 2 rings (SSSR count). The number of anilines is 1. The number of benzene rings is 2. The van der Waals surface area contributed by atoms with E-state index in [0.717, 1.165) is 0 Å². The van der Waals surface area contributed by atoms with Gasteiger partial charge < -0.3 is 10.8 Å². The summed E-state index contributed by atoms with van der Waals surface area (Å²) in [5, 5.41) is 9.84. The van der Waals surface area contributed by atoms with E-state index in [2.05, 4.69) is 0 Å². The van der Waals surface area contributed by atoms with Gasteiger partial charge in [-0.05, 0) is 23.3 Å². The molecule has 1 atom stereocenters. The third kappa shape index (κ3) is 2.31. The number of nitrogens with two attached hydrogens (primary N) is 1. The van der Waals surface area contributed by atoms with Gasteiger partial charge >= 0.3 is 5.97 Å². The van der Waals surface area contributed by atoms with Gasteiger partial charge in [-0.1, -0.05) is 48.0 Å². The van der Waals surface area contributed by atoms with Gasteiger partial charge in [0.25, 0.3) is 0 Å². The van der Waals surface area contributed by atoms with Crippen molar-refractivity contribution in [3.8, 4) is 0 Å². The summed E-state index contributed by atoms with van der Waals surface area (Å²) < 4.78 is 0. The number of hydrogen-bond acceptors (Lipinski definition) is 2. The van der Waals surface area contributed by atoms with Crippen LogP contribution >= 0.6 is 11.6 Å². The van der Waals surface area contributed by atoms with Crippen molar-refractivity contribution in [3.63, 3.8) is 0 Å². The number of para-hydroxylation sites is 1. The Morgan fingerprint density at radius 1 is 1.06 bits per heavy atom. The molecule has 18 heavy (non-hydrogen) atoms. The molecule has 2 aromatic rings. The monoisotopic (exact) mass is 261 g/mol. The van der Waals surface area contributed by atoms with E-state index in [4.69, 9.17) is 17.3 Å². The SMILES string of the molecule is Nc1ccccc1C(C(=O)O)c1ccccc1Cl. The summed E-state index contributed by atoms with van der Waals surface area (Å²) in [6, 6.07) is 13.8. The lowest BCUT2D eigenvalue weighted by atomic mass is 9.90. The zero-order valence-electron chi connectivity index (χ0n) is 9.51. The number of carboxylic acids is 1. The Labute approximate surface area is 110 Å². The molecule has 92 valence electrons. The summed E-state index contributed by atoms with van der Waals surface area (Å²) in [4.78, 5) is 11.5. The fourth-order valence-corrected chi connectivity index (χ4v) is 2.16. The molecular weight excluding hydrogens is 250 g/mol. The fourth-order valence-electron chi connectivity index (χ4n) is 1.92. The van der Waals surface area contributed by atoms with Crippen molar-refractivity contribution >= 4 is 23.3 Å². The number of nitrogen functional groups attached to an aromatic ring is 1. The molecule has 0 fully saturated rings. The van der Waals surface area contributed by atoms with Crippen molar-refractivity contribution in [2.45, 2.75) is 5.92 Å². The lowest BCUT2D eigenvalue weighted by Gasteiger charge is -2.16. The molecular formula is C14H12ClNO2. The first-order valence-electron chi connectivity index (χ1n) is 5.43. The summed E-state index contributed by atoms with van der Waals surface area (Å²) in [5.41, 5.74) is 7.39. The minimum atomic E-state index is -0.971. The van der Waals surface area contributed by atoms with E-state index >= 15 is 0 Å². The van der Waals surface area contributed by atoms with Gasteiger partial charge in [0.2, 0.25) is 0 Å². The molecule has 3 nitrogen and oxygen atoms in total. The Morgan fingerprint density at radius 3 is 2.17 bits per heavy atom. The second-order valence-electron chi connectivity index (χ2n) is 3.92. The van der Waals surface area contributed by atoms with Crippen molar-refractivity contribution in [2.75, 3.05) is 5.73 Å². The Hall–Kier alpha value is -2.00. The minimum Gasteiger partial charge on any atom is -0.481 e. The van der Waals surface area contributed by atoms with Crippen molar-refractivity contribution in [2.24, 2.45) is 0 Å². The molecule has 0 heterocycles. The Bertz CT molecular complexity index is 538. The van der Waals surface area contributed by atoms with Crippen LogP contribution in [0.1, 0.15) is 17.0 Å². The second-order valence-corrected chi connectivity index (χ2v) is 4.33. The number of rotatable bonds is 3. The Balaban J connectivity index is 2.58. The normalized spacial score (nSPS) is 12.1. The molecule has 0 aliphatic carbocycles. The van der Waals surface area contributed by atoms with Crippen molar-refractivity contribution in [3.05, 3.63) is 64.7 Å². The fraction of sp³-hybridized carbons (Fsp3) is 0.0714. The van der Waals surface area contributed by atoms with Crippen LogP contribution in [-0.2, 0) is 4.79 Å². The zero-order valence-corrected chi connectivity index (χ0v) is 10.3. The molecule has 2 aromatic carbocycles. The van der Waals surface area contributed by atoms with Crippen molar-refractivity contribution < 1.29 is 9.90 Å². The van der Waals surface area contributed by atoms with E-state index in [1.165, 1.54) is 0 Å². The van der Waals surface area contributed by atoms with E-state index in [9.17, 15) is 9.90 Å². The highest BCUT2D eigenvalue weighted by Crippen LogP contribution is 2.33. The maximum absolute atomic E-state index is 11.5. The molecule has 0 bridgehead atoms. The van der Waals surface area contributed by atoms with Crippen LogP contribution in [0.4, 0.5) is 5.69 Å². The molecule has 3 N–H and O–H groups in total. The summed E-state index contributed by atoms with van der Waals surface area (Å²) in [6.45, 7) is 0. The average Bonchev–Trinajstić information content (AvgIpc) is 2.34. The van der Waals surface area contributed by atoms with E-state index in [1.54, 1.807) is 48.5 Å². The van der Waals surface area contributed by atoms with E-state index in [1.807, 2.05) is 0 Å². The van der Waals surface area contributed by atoms with Crippen LogP contribution in [0.15, 0.2) is 48.5 Å². The highest BCUT2D eigenvalue weighted by atomic mass is 35.5. The molecule has 0 aliphatic rings. The number of halogens is 1. The molecule has 0 saturated heterocycles. The lowest BCUT2D eigenvalue weighted by molar-refractivity contribution is -0.137. The molecule has 0 aliphatic heterocycles. The van der Waals surface area contributed by atoms with Crippen LogP contribution in [-0.4, -0.2) is 11.1 Å². The maximum atomic E-state index is 11.5. The smallest absolute Gasteiger partial charge is 0.315 e. The van der Waals surface area contributed by atoms with Gasteiger partial charge in [0, 0.05) is 10.7 Å². The van der Waals surface area contributed by atoms with Crippen LogP contribution < -0.4 is 5.73 Å². The lowest BCUT2D eigenvalue weighted by Crippen LogP contribution is -2.15. The number of carboxylic acid groups (broad SMARTS) is 1. The molecule has 0 amide bonds. The third-order valence-electron chi connectivity index (χ3n) is 2.77. The predicted molar refractivity (Wildman–Crippen MR) is 71.8 cm³/mol. The molecule has 0 aromatic heterocycles. The topological polar surface area (TPSA) is 63.3 Å². The first-order chi connectivity index (χ1) is 8.61. The number of hydrogen-bond donors (Lipinski definition) is 2. The number of carbonyl (C=O) groups is 1. The highest BCUT2D eigenvalue weighted by molar-refractivity contribution is 6.31. The van der Waals surface area contributed by atoms with Gasteiger partial charge in [-0.3, -0.25) is 4.79 Å². The van der Waals surface area contributed by atoms with Crippen LogP contribution in [0.3, 0.4) is 0 Å². The van der Waals surface area contributed by atoms with Crippen LogP contribution in [0, 0.1) is 0 Å². The first kappa shape index (κ1) is 12.5. The molecule has 0 radical (unpaired) electrons. The molecule has 0 spiro atoms. The van der Waals surface area contributed by atoms with Gasteiger partial charge in [-0.25, -0.2) is 0 Å². The Morgan fingerprint density at radius 2 is 1.61 bits per heavy atom. The largest absolute Gasteiger partial charge is 0.481 e. The summed E-state index contributed by atoms with van der Waals surface area (Å²) in [5.74, 6) is -1.82. The second kappa shape index (κ2) is 5.10. The van der Waals surface area contributed by atoms with E-state index in [0.29, 0.717) is 21.8 Å². The van der Waals surface area contributed by atoms with Gasteiger partial charge in [-0.15, -0.1) is 0 Å². The van der Waals surface area contributed by atoms with Crippen molar-refractivity contribution in [1.29, 1.82) is 0 Å². The summed E-state index contributed by atoms with van der Waals surface area (Å²) in [7, 11) is 0. The van der Waals surface area contributed by atoms with Crippen LogP contribution in [0.5, 0.6) is 0 Å². The van der Waals surface area contributed by atoms with Crippen molar-refractivity contribution in [1.82, 2.24) is 0 Å². The van der Waals surface area contributed by atoms with Gasteiger partial charge in [0.15, 0.2) is 0 Å². The van der Waals surface area contributed by atoms with Crippen LogP contribution in [0.25, 0.3) is 0 Å². The minimum absolute atomic E-state index is 0.424. The Kier molecular flexibility index (Phi) is 3.53.